The number of carbonyl (C=O) groups excluding carboxylic acids is 1. The van der Waals surface area contributed by atoms with Crippen LogP contribution in [0.25, 0.3) is 5.13 Å². The van der Waals surface area contributed by atoms with Crippen LogP contribution in [-0.4, -0.2) is 20.4 Å². The first-order valence-electron chi connectivity index (χ1n) is 8.60. The van der Waals surface area contributed by atoms with Gasteiger partial charge < -0.3 is 0 Å². The van der Waals surface area contributed by atoms with Crippen molar-refractivity contribution in [2.45, 2.75) is 20.3 Å². The number of thiazole rings is 2. The van der Waals surface area contributed by atoms with Gasteiger partial charge in [0.1, 0.15) is 5.82 Å². The van der Waals surface area contributed by atoms with Crippen LogP contribution in [0.3, 0.4) is 0 Å². The minimum Gasteiger partial charge on any atom is -0.298 e. The highest BCUT2D eigenvalue weighted by molar-refractivity contribution is 7.15. The molecule has 0 radical (unpaired) electrons. The maximum absolute atomic E-state index is 13.3. The number of aryl methyl sites for hydroxylation is 1. The summed E-state index contributed by atoms with van der Waals surface area (Å²) in [5.74, 6) is -0.464. The summed E-state index contributed by atoms with van der Waals surface area (Å²) in [5, 5.41) is 6.13. The first kappa shape index (κ1) is 18.5. The number of hydrogen-bond donors (Lipinski definition) is 1. The Labute approximate surface area is 169 Å². The van der Waals surface area contributed by atoms with Gasteiger partial charge in [0, 0.05) is 40.5 Å². The van der Waals surface area contributed by atoms with Gasteiger partial charge in [-0.1, -0.05) is 12.1 Å². The Balaban J connectivity index is 1.50. The van der Waals surface area contributed by atoms with Crippen molar-refractivity contribution in [3.63, 3.8) is 0 Å². The quantitative estimate of drug-likeness (QED) is 0.502. The first-order valence-corrected chi connectivity index (χ1v) is 10.3. The maximum Gasteiger partial charge on any atom is 0.259 e. The third-order valence-corrected chi connectivity index (χ3v) is 6.00. The summed E-state index contributed by atoms with van der Waals surface area (Å²) in [4.78, 5) is 22.3. The van der Waals surface area contributed by atoms with E-state index in [2.05, 4.69) is 15.3 Å². The molecule has 0 fully saturated rings. The molecule has 142 valence electrons. The Morgan fingerprint density at radius 2 is 2.11 bits per heavy atom. The monoisotopic (exact) mass is 412 g/mol. The van der Waals surface area contributed by atoms with E-state index in [0.717, 1.165) is 27.0 Å². The molecule has 8 heteroatoms. The van der Waals surface area contributed by atoms with Crippen molar-refractivity contribution in [1.29, 1.82) is 0 Å². The number of rotatable bonds is 5. The van der Waals surface area contributed by atoms with Gasteiger partial charge in [-0.15, -0.1) is 22.7 Å². The van der Waals surface area contributed by atoms with Gasteiger partial charge in [-0.2, -0.15) is 0 Å². The third-order valence-electron chi connectivity index (χ3n) is 4.33. The highest BCUT2D eigenvalue weighted by Gasteiger charge is 2.18. The van der Waals surface area contributed by atoms with Crippen molar-refractivity contribution >= 4 is 33.7 Å². The summed E-state index contributed by atoms with van der Waals surface area (Å²) in [7, 11) is 0. The molecule has 0 saturated heterocycles. The summed E-state index contributed by atoms with van der Waals surface area (Å²) in [5.41, 5.74) is 3.24. The molecule has 4 aromatic rings. The smallest absolute Gasteiger partial charge is 0.259 e. The Bertz CT molecular complexity index is 1130. The fourth-order valence-corrected chi connectivity index (χ4v) is 4.67. The molecule has 0 aliphatic heterocycles. The molecule has 0 saturated carbocycles. The van der Waals surface area contributed by atoms with E-state index in [4.69, 9.17) is 0 Å². The van der Waals surface area contributed by atoms with E-state index in [1.54, 1.807) is 18.5 Å². The predicted octanol–water partition coefficient (Wildman–Crippen LogP) is 4.99. The average Bonchev–Trinajstić information content (AvgIpc) is 3.37. The Kier molecular flexibility index (Phi) is 5.06. The number of nitrogens with zero attached hydrogens (tertiary/aromatic N) is 3. The lowest BCUT2D eigenvalue weighted by Crippen LogP contribution is -2.12. The zero-order chi connectivity index (χ0) is 19.7. The van der Waals surface area contributed by atoms with Crippen LogP contribution in [0.2, 0.25) is 0 Å². The minimum atomic E-state index is -0.258. The van der Waals surface area contributed by atoms with Crippen LogP contribution in [0.4, 0.5) is 9.52 Å². The molecule has 0 aliphatic carbocycles. The molecule has 0 spiro atoms. The van der Waals surface area contributed by atoms with Crippen LogP contribution in [0, 0.1) is 19.7 Å². The van der Waals surface area contributed by atoms with E-state index in [-0.39, 0.29) is 11.7 Å². The summed E-state index contributed by atoms with van der Waals surface area (Å²) >= 11 is 2.91. The molecule has 28 heavy (non-hydrogen) atoms. The largest absolute Gasteiger partial charge is 0.298 e. The Morgan fingerprint density at radius 1 is 1.25 bits per heavy atom. The number of benzene rings is 1. The maximum atomic E-state index is 13.3. The van der Waals surface area contributed by atoms with Crippen molar-refractivity contribution in [3.8, 4) is 5.13 Å². The normalized spacial score (nSPS) is 11.0. The van der Waals surface area contributed by atoms with Crippen LogP contribution in [0.1, 0.15) is 32.2 Å². The van der Waals surface area contributed by atoms with Crippen LogP contribution < -0.4 is 5.32 Å². The Morgan fingerprint density at radius 3 is 2.86 bits per heavy atom. The van der Waals surface area contributed by atoms with Crippen molar-refractivity contribution in [2.75, 3.05) is 5.32 Å². The van der Waals surface area contributed by atoms with Crippen LogP contribution in [-0.2, 0) is 6.42 Å². The highest BCUT2D eigenvalue weighted by atomic mass is 32.1. The number of aromatic nitrogens is 3. The highest BCUT2D eigenvalue weighted by Crippen LogP contribution is 2.25. The molecule has 1 N–H and O–H groups in total. The van der Waals surface area contributed by atoms with E-state index in [1.165, 1.54) is 34.8 Å². The van der Waals surface area contributed by atoms with Gasteiger partial charge >= 0.3 is 0 Å². The molecule has 1 amide bonds. The molecule has 5 nitrogen and oxygen atoms in total. The lowest BCUT2D eigenvalue weighted by Gasteiger charge is -2.05. The van der Waals surface area contributed by atoms with Gasteiger partial charge in [-0.25, -0.2) is 14.4 Å². The molecule has 3 heterocycles. The van der Waals surface area contributed by atoms with E-state index in [1.807, 2.05) is 35.9 Å². The molecular formula is C20H17FN4OS2. The van der Waals surface area contributed by atoms with E-state index < -0.39 is 0 Å². The fourth-order valence-electron chi connectivity index (χ4n) is 3.07. The van der Waals surface area contributed by atoms with Gasteiger partial charge in [0.25, 0.3) is 5.91 Å². The summed E-state index contributed by atoms with van der Waals surface area (Å²) in [6, 6.07) is 8.34. The third kappa shape index (κ3) is 3.74. The van der Waals surface area contributed by atoms with Crippen LogP contribution in [0.15, 0.2) is 48.1 Å². The molecule has 1 aromatic carbocycles. The molecule has 0 bridgehead atoms. The number of amides is 1. The molecule has 0 atom stereocenters. The van der Waals surface area contributed by atoms with Crippen molar-refractivity contribution in [1.82, 2.24) is 14.5 Å². The molecule has 0 aliphatic rings. The average molecular weight is 413 g/mol. The number of halogens is 1. The predicted molar refractivity (Wildman–Crippen MR) is 110 cm³/mol. The molecule has 4 rings (SSSR count). The second-order valence-corrected chi connectivity index (χ2v) is 8.32. The number of nitrogens with one attached hydrogen (secondary N) is 1. The molecular weight excluding hydrogens is 395 g/mol. The van der Waals surface area contributed by atoms with Gasteiger partial charge in [0.15, 0.2) is 10.3 Å². The fraction of sp³-hybridized carbons (Fsp3) is 0.150. The summed E-state index contributed by atoms with van der Waals surface area (Å²) < 4.78 is 15.3. The van der Waals surface area contributed by atoms with Gasteiger partial charge in [-0.3, -0.25) is 14.7 Å². The lowest BCUT2D eigenvalue weighted by atomic mass is 10.1. The number of carbonyl (C=O) groups is 1. The minimum absolute atomic E-state index is 0.206. The van der Waals surface area contributed by atoms with Crippen molar-refractivity contribution in [3.05, 3.63) is 81.3 Å². The van der Waals surface area contributed by atoms with Crippen LogP contribution in [0.5, 0.6) is 0 Å². The standard InChI is InChI=1S/C20H17FN4OS2/c1-12-8-17(13(2)25(12)20-22-6-7-27-20)18(26)24-19-23-11-16(28-19)10-14-4-3-5-15(21)9-14/h3-9,11H,10H2,1-2H3,(H,23,24,26). The molecule has 0 unspecified atom stereocenters. The Hall–Kier alpha value is -2.84. The second-order valence-electron chi connectivity index (χ2n) is 6.33. The van der Waals surface area contributed by atoms with Crippen molar-refractivity contribution in [2.24, 2.45) is 0 Å². The van der Waals surface area contributed by atoms with Crippen molar-refractivity contribution < 1.29 is 9.18 Å². The first-order chi connectivity index (χ1) is 13.5. The van der Waals surface area contributed by atoms with E-state index in [0.29, 0.717) is 17.1 Å². The second kappa shape index (κ2) is 7.65. The van der Waals surface area contributed by atoms with Gasteiger partial charge in [0.2, 0.25) is 0 Å². The zero-order valence-corrected chi connectivity index (χ0v) is 16.9. The van der Waals surface area contributed by atoms with Crippen LogP contribution >= 0.6 is 22.7 Å². The number of hydrogen-bond acceptors (Lipinski definition) is 5. The lowest BCUT2D eigenvalue weighted by molar-refractivity contribution is 0.102. The van der Waals surface area contributed by atoms with E-state index in [9.17, 15) is 9.18 Å². The molecule has 3 aromatic heterocycles. The van der Waals surface area contributed by atoms with E-state index >= 15 is 0 Å². The van der Waals surface area contributed by atoms with Gasteiger partial charge in [-0.05, 0) is 37.6 Å². The van der Waals surface area contributed by atoms with Gasteiger partial charge in [0.05, 0.1) is 5.56 Å². The SMILES string of the molecule is Cc1cc(C(=O)Nc2ncc(Cc3cccc(F)c3)s2)c(C)n1-c1nccs1. The summed E-state index contributed by atoms with van der Waals surface area (Å²) in [6.45, 7) is 3.85. The summed E-state index contributed by atoms with van der Waals surface area (Å²) in [6.07, 6.45) is 4.03. The zero-order valence-electron chi connectivity index (χ0n) is 15.3. The topological polar surface area (TPSA) is 59.8 Å². The number of anilines is 1.